The van der Waals surface area contributed by atoms with Crippen LogP contribution in [0.5, 0.6) is 5.75 Å². The lowest BCUT2D eigenvalue weighted by atomic mass is 10.3. The number of anilines is 1. The van der Waals surface area contributed by atoms with Gasteiger partial charge in [-0.1, -0.05) is 0 Å². The van der Waals surface area contributed by atoms with Crippen LogP contribution in [0.25, 0.3) is 0 Å². The lowest BCUT2D eigenvalue weighted by Gasteiger charge is -2.14. The summed E-state index contributed by atoms with van der Waals surface area (Å²) >= 11 is 0. The van der Waals surface area contributed by atoms with E-state index in [0.29, 0.717) is 5.69 Å². The highest BCUT2D eigenvalue weighted by Gasteiger charge is 2.11. The maximum atomic E-state index is 10.9. The van der Waals surface area contributed by atoms with Crippen molar-refractivity contribution in [3.8, 4) is 5.75 Å². The number of hydrogen-bond acceptors (Lipinski definition) is 4. The van der Waals surface area contributed by atoms with Crippen LogP contribution in [0.1, 0.15) is 0 Å². The normalized spacial score (nSPS) is 11.4. The Morgan fingerprint density at radius 1 is 1.36 bits per heavy atom. The fourth-order valence-corrected chi connectivity index (χ4v) is 1.59. The van der Waals surface area contributed by atoms with Crippen molar-refractivity contribution >= 4 is 15.7 Å². The summed E-state index contributed by atoms with van der Waals surface area (Å²) < 4.78 is 21.8. The van der Waals surface area contributed by atoms with Gasteiger partial charge in [-0.25, -0.2) is 13.6 Å². The minimum atomic E-state index is -3.75. The third-order valence-electron chi connectivity index (χ3n) is 1.76. The third-order valence-corrected chi connectivity index (χ3v) is 2.67. The van der Waals surface area contributed by atoms with Crippen LogP contribution >= 0.6 is 0 Å². The molecule has 3 N–H and O–H groups in total. The molecule has 6 heteroatoms. The van der Waals surface area contributed by atoms with Crippen molar-refractivity contribution in [1.29, 1.82) is 0 Å². The van der Waals surface area contributed by atoms with Gasteiger partial charge in [-0.15, -0.1) is 0 Å². The van der Waals surface area contributed by atoms with Crippen molar-refractivity contribution < 1.29 is 13.5 Å². The van der Waals surface area contributed by atoms with Crippen LogP contribution in [0.4, 0.5) is 5.69 Å². The Morgan fingerprint density at radius 3 is 2.29 bits per heavy atom. The van der Waals surface area contributed by atoms with Crippen LogP contribution in [0.3, 0.4) is 0 Å². The largest absolute Gasteiger partial charge is 0.506 e. The zero-order valence-corrected chi connectivity index (χ0v) is 8.75. The molecule has 1 aromatic rings. The predicted octanol–water partition coefficient (Wildman–Crippen LogP) is 0.106. The van der Waals surface area contributed by atoms with Gasteiger partial charge in [-0.3, -0.25) is 0 Å². The fraction of sp³-hybridized carbons (Fsp3) is 0.250. The Labute approximate surface area is 82.8 Å². The summed E-state index contributed by atoms with van der Waals surface area (Å²) in [5.41, 5.74) is 0.539. The van der Waals surface area contributed by atoms with E-state index < -0.39 is 10.0 Å². The lowest BCUT2D eigenvalue weighted by molar-refractivity contribution is 0.473. The molecule has 0 bridgehead atoms. The summed E-state index contributed by atoms with van der Waals surface area (Å²) in [4.78, 5) is 1.57. The van der Waals surface area contributed by atoms with E-state index in [1.807, 2.05) is 0 Å². The molecule has 14 heavy (non-hydrogen) atoms. The molecule has 78 valence electrons. The van der Waals surface area contributed by atoms with Crippen molar-refractivity contribution in [3.05, 3.63) is 18.2 Å². The summed E-state index contributed by atoms with van der Waals surface area (Å²) in [6, 6.07) is 3.98. The Kier molecular flexibility index (Phi) is 2.68. The molecular formula is C8H12N2O3S. The Hall–Kier alpha value is -1.27. The fourth-order valence-electron chi connectivity index (χ4n) is 1.06. The number of primary sulfonamides is 1. The van der Waals surface area contributed by atoms with Gasteiger partial charge >= 0.3 is 0 Å². The van der Waals surface area contributed by atoms with Crippen LogP contribution < -0.4 is 10.0 Å². The summed E-state index contributed by atoms with van der Waals surface area (Å²) in [6.45, 7) is 0. The Balaban J connectivity index is 3.27. The summed E-state index contributed by atoms with van der Waals surface area (Å²) in [6.07, 6.45) is 0. The van der Waals surface area contributed by atoms with Gasteiger partial charge in [0.25, 0.3) is 0 Å². The molecule has 0 aliphatic heterocycles. The number of nitrogens with two attached hydrogens (primary N) is 1. The molecule has 0 spiro atoms. The molecule has 0 fully saturated rings. The topological polar surface area (TPSA) is 83.6 Å². The molecule has 0 aromatic heterocycles. The van der Waals surface area contributed by atoms with Gasteiger partial charge in [0.1, 0.15) is 5.75 Å². The van der Waals surface area contributed by atoms with Gasteiger partial charge < -0.3 is 10.0 Å². The molecule has 0 unspecified atom stereocenters. The molecule has 0 saturated heterocycles. The van der Waals surface area contributed by atoms with Crippen molar-refractivity contribution in [2.75, 3.05) is 19.0 Å². The number of phenols is 1. The number of nitrogens with zero attached hydrogens (tertiary/aromatic N) is 1. The number of rotatable bonds is 2. The molecule has 1 aromatic carbocycles. The van der Waals surface area contributed by atoms with E-state index in [4.69, 9.17) is 5.14 Å². The standard InChI is InChI=1S/C8H12N2O3S/c1-10(2)7-4-3-6(5-8(7)11)14(9,12)13/h3-5,11H,1-2H3,(H2,9,12,13). The molecule has 0 radical (unpaired) electrons. The quantitative estimate of drug-likeness (QED) is 0.734. The zero-order chi connectivity index (χ0) is 10.9. The highest BCUT2D eigenvalue weighted by atomic mass is 32.2. The maximum Gasteiger partial charge on any atom is 0.238 e. The van der Waals surface area contributed by atoms with E-state index in [-0.39, 0.29) is 10.6 Å². The second kappa shape index (κ2) is 3.47. The number of benzene rings is 1. The number of aromatic hydroxyl groups is 1. The molecule has 0 aliphatic carbocycles. The second-order valence-electron chi connectivity index (χ2n) is 3.09. The predicted molar refractivity (Wildman–Crippen MR) is 53.8 cm³/mol. The van der Waals surface area contributed by atoms with Gasteiger partial charge in [0.15, 0.2) is 0 Å². The van der Waals surface area contributed by atoms with Crippen molar-refractivity contribution in [2.45, 2.75) is 4.90 Å². The van der Waals surface area contributed by atoms with E-state index in [2.05, 4.69) is 0 Å². The highest BCUT2D eigenvalue weighted by molar-refractivity contribution is 7.89. The van der Waals surface area contributed by atoms with Crippen molar-refractivity contribution in [2.24, 2.45) is 5.14 Å². The average Bonchev–Trinajstić information content (AvgIpc) is 2.01. The van der Waals surface area contributed by atoms with Crippen LogP contribution in [0.2, 0.25) is 0 Å². The van der Waals surface area contributed by atoms with E-state index in [1.54, 1.807) is 19.0 Å². The van der Waals surface area contributed by atoms with Crippen molar-refractivity contribution in [1.82, 2.24) is 0 Å². The monoisotopic (exact) mass is 216 g/mol. The smallest absolute Gasteiger partial charge is 0.238 e. The van der Waals surface area contributed by atoms with Gasteiger partial charge in [-0.05, 0) is 12.1 Å². The molecule has 0 amide bonds. The Bertz CT molecular complexity index is 440. The van der Waals surface area contributed by atoms with Crippen LogP contribution in [-0.2, 0) is 10.0 Å². The molecule has 5 nitrogen and oxygen atoms in total. The van der Waals surface area contributed by atoms with Crippen LogP contribution in [0, 0.1) is 0 Å². The van der Waals surface area contributed by atoms with Crippen LogP contribution in [-0.4, -0.2) is 27.6 Å². The van der Waals surface area contributed by atoms with E-state index in [1.165, 1.54) is 12.1 Å². The zero-order valence-electron chi connectivity index (χ0n) is 7.93. The molecule has 0 aliphatic rings. The minimum Gasteiger partial charge on any atom is -0.506 e. The second-order valence-corrected chi connectivity index (χ2v) is 4.65. The molecule has 0 atom stereocenters. The Morgan fingerprint density at radius 2 is 1.93 bits per heavy atom. The summed E-state index contributed by atoms with van der Waals surface area (Å²) in [5.74, 6) is -0.110. The van der Waals surface area contributed by atoms with E-state index >= 15 is 0 Å². The molecule has 1 rings (SSSR count). The lowest BCUT2D eigenvalue weighted by Crippen LogP contribution is -2.13. The van der Waals surface area contributed by atoms with Gasteiger partial charge in [0.05, 0.1) is 10.6 Å². The first kappa shape index (κ1) is 10.8. The first-order chi connectivity index (χ1) is 6.32. The van der Waals surface area contributed by atoms with Crippen molar-refractivity contribution in [3.63, 3.8) is 0 Å². The minimum absolute atomic E-state index is 0.0967. The average molecular weight is 216 g/mol. The highest BCUT2D eigenvalue weighted by Crippen LogP contribution is 2.27. The maximum absolute atomic E-state index is 10.9. The van der Waals surface area contributed by atoms with E-state index in [0.717, 1.165) is 6.07 Å². The first-order valence-electron chi connectivity index (χ1n) is 3.85. The van der Waals surface area contributed by atoms with Gasteiger partial charge in [0.2, 0.25) is 10.0 Å². The van der Waals surface area contributed by atoms with Gasteiger partial charge in [-0.2, -0.15) is 0 Å². The SMILES string of the molecule is CN(C)c1ccc(S(N)(=O)=O)cc1O. The number of sulfonamides is 1. The van der Waals surface area contributed by atoms with E-state index in [9.17, 15) is 13.5 Å². The molecule has 0 saturated carbocycles. The molecular weight excluding hydrogens is 204 g/mol. The summed E-state index contributed by atoms with van der Waals surface area (Å²) in [7, 11) is -0.263. The molecule has 0 heterocycles. The van der Waals surface area contributed by atoms with Crippen LogP contribution in [0.15, 0.2) is 23.1 Å². The summed E-state index contributed by atoms with van der Waals surface area (Å²) in [5, 5.41) is 14.4. The third kappa shape index (κ3) is 2.15. The number of hydrogen-bond donors (Lipinski definition) is 2. The first-order valence-corrected chi connectivity index (χ1v) is 5.40. The number of phenolic OH excluding ortho intramolecular Hbond substituents is 1. The van der Waals surface area contributed by atoms with Gasteiger partial charge in [0, 0.05) is 20.2 Å².